The van der Waals surface area contributed by atoms with Crippen LogP contribution in [0.4, 0.5) is 0 Å². The molecule has 4 heteroatoms. The van der Waals surface area contributed by atoms with Gasteiger partial charge in [0.2, 0.25) is 11.8 Å². The smallest absolute Gasteiger partial charge is 0.223 e. The Morgan fingerprint density at radius 1 is 1.26 bits per heavy atom. The zero-order valence-electron chi connectivity index (χ0n) is 12.4. The van der Waals surface area contributed by atoms with E-state index in [1.165, 1.54) is 12.8 Å². The van der Waals surface area contributed by atoms with Crippen LogP contribution in [0.3, 0.4) is 0 Å². The van der Waals surface area contributed by atoms with Gasteiger partial charge in [-0.15, -0.1) is 0 Å². The van der Waals surface area contributed by atoms with Crippen LogP contribution in [-0.2, 0) is 9.59 Å². The van der Waals surface area contributed by atoms with Crippen LogP contribution in [0.25, 0.3) is 0 Å². The lowest BCUT2D eigenvalue weighted by molar-refractivity contribution is -0.134. The number of primary amides is 1. The highest BCUT2D eigenvalue weighted by Gasteiger charge is 2.34. The van der Waals surface area contributed by atoms with Gasteiger partial charge in [0.25, 0.3) is 0 Å². The molecule has 0 radical (unpaired) electrons. The minimum Gasteiger partial charge on any atom is -0.369 e. The average molecular weight is 268 g/mol. The monoisotopic (exact) mass is 268 g/mol. The van der Waals surface area contributed by atoms with Gasteiger partial charge in [-0.2, -0.15) is 0 Å². The van der Waals surface area contributed by atoms with Crippen molar-refractivity contribution in [3.05, 3.63) is 0 Å². The van der Waals surface area contributed by atoms with Gasteiger partial charge in [0.15, 0.2) is 0 Å². The Labute approximate surface area is 116 Å². The van der Waals surface area contributed by atoms with Crippen molar-refractivity contribution >= 4 is 11.8 Å². The maximum atomic E-state index is 12.2. The predicted molar refractivity (Wildman–Crippen MR) is 76.3 cm³/mol. The summed E-state index contributed by atoms with van der Waals surface area (Å²) in [7, 11) is 0. The minimum atomic E-state index is -0.322. The van der Waals surface area contributed by atoms with Crippen molar-refractivity contribution in [1.29, 1.82) is 0 Å². The number of carbonyl (C=O) groups excluding carboxylic acids is 2. The highest BCUT2D eigenvalue weighted by molar-refractivity contribution is 5.86. The molecule has 0 aliphatic heterocycles. The van der Waals surface area contributed by atoms with E-state index in [2.05, 4.69) is 19.2 Å². The second-order valence-electron chi connectivity index (χ2n) is 6.16. The van der Waals surface area contributed by atoms with Gasteiger partial charge in [0.05, 0.1) is 0 Å². The third-order valence-electron chi connectivity index (χ3n) is 3.85. The van der Waals surface area contributed by atoms with Crippen LogP contribution in [0.2, 0.25) is 0 Å². The first-order valence-corrected chi connectivity index (χ1v) is 7.52. The fraction of sp³-hybridized carbons (Fsp3) is 0.867. The van der Waals surface area contributed by atoms with E-state index in [1.54, 1.807) is 0 Å². The summed E-state index contributed by atoms with van der Waals surface area (Å²) in [6, 6.07) is 0. The molecule has 0 spiro atoms. The molecule has 1 unspecified atom stereocenters. The fourth-order valence-corrected chi connectivity index (χ4v) is 2.63. The van der Waals surface area contributed by atoms with Crippen molar-refractivity contribution < 1.29 is 9.59 Å². The molecule has 1 aliphatic rings. The number of nitrogens with one attached hydrogen (secondary N) is 1. The van der Waals surface area contributed by atoms with Crippen LogP contribution >= 0.6 is 0 Å². The van der Waals surface area contributed by atoms with E-state index in [1.807, 2.05) is 6.92 Å². The zero-order valence-corrected chi connectivity index (χ0v) is 12.4. The Balaban J connectivity index is 2.69. The molecular weight excluding hydrogens is 240 g/mol. The summed E-state index contributed by atoms with van der Waals surface area (Å²) >= 11 is 0. The summed E-state index contributed by atoms with van der Waals surface area (Å²) < 4.78 is 0. The Bertz CT molecular complexity index is 311. The lowest BCUT2D eigenvalue weighted by Crippen LogP contribution is -2.41. The highest BCUT2D eigenvalue weighted by Crippen LogP contribution is 2.36. The van der Waals surface area contributed by atoms with Crippen LogP contribution < -0.4 is 11.1 Å². The molecule has 1 fully saturated rings. The van der Waals surface area contributed by atoms with Crippen LogP contribution in [0.5, 0.6) is 0 Å². The molecule has 1 rings (SSSR count). The predicted octanol–water partition coefficient (Wildman–Crippen LogP) is 2.08. The van der Waals surface area contributed by atoms with Gasteiger partial charge in [-0.05, 0) is 38.0 Å². The molecule has 110 valence electrons. The van der Waals surface area contributed by atoms with Gasteiger partial charge in [0, 0.05) is 18.4 Å². The summed E-state index contributed by atoms with van der Waals surface area (Å²) in [5.74, 6) is 0.227. The molecule has 1 aliphatic carbocycles. The van der Waals surface area contributed by atoms with Gasteiger partial charge >= 0.3 is 0 Å². The summed E-state index contributed by atoms with van der Waals surface area (Å²) in [6.07, 6.45) is 5.04. The van der Waals surface area contributed by atoms with E-state index >= 15 is 0 Å². The van der Waals surface area contributed by atoms with Gasteiger partial charge in [-0.1, -0.05) is 26.7 Å². The van der Waals surface area contributed by atoms with E-state index in [0.717, 1.165) is 25.2 Å². The summed E-state index contributed by atoms with van der Waals surface area (Å²) in [5.41, 5.74) is 5.53. The van der Waals surface area contributed by atoms with Crippen molar-refractivity contribution in [2.45, 2.75) is 52.9 Å². The largest absolute Gasteiger partial charge is 0.369 e. The summed E-state index contributed by atoms with van der Waals surface area (Å²) in [6.45, 7) is 6.64. The van der Waals surface area contributed by atoms with Crippen molar-refractivity contribution in [2.75, 3.05) is 6.54 Å². The maximum absolute atomic E-state index is 12.2. The van der Waals surface area contributed by atoms with Gasteiger partial charge < -0.3 is 11.1 Å². The first kappa shape index (κ1) is 16.0. The molecule has 19 heavy (non-hydrogen) atoms. The van der Waals surface area contributed by atoms with Gasteiger partial charge in [-0.25, -0.2) is 0 Å². The third-order valence-corrected chi connectivity index (χ3v) is 3.85. The van der Waals surface area contributed by atoms with Gasteiger partial charge in [-0.3, -0.25) is 9.59 Å². The molecule has 0 heterocycles. The SMILES string of the molecule is CCNC(=O)C(CC(C)C)[C@H](CCC1CC1)C(N)=O. The van der Waals surface area contributed by atoms with Gasteiger partial charge in [0.1, 0.15) is 0 Å². The lowest BCUT2D eigenvalue weighted by atomic mass is 9.81. The molecule has 4 nitrogen and oxygen atoms in total. The van der Waals surface area contributed by atoms with E-state index in [0.29, 0.717) is 12.5 Å². The fourth-order valence-electron chi connectivity index (χ4n) is 2.63. The van der Waals surface area contributed by atoms with Crippen LogP contribution in [-0.4, -0.2) is 18.4 Å². The van der Waals surface area contributed by atoms with Crippen molar-refractivity contribution in [1.82, 2.24) is 5.32 Å². The lowest BCUT2D eigenvalue weighted by Gasteiger charge is -2.25. The highest BCUT2D eigenvalue weighted by atomic mass is 16.2. The Hall–Kier alpha value is -1.06. The average Bonchev–Trinajstić information content (AvgIpc) is 3.11. The molecule has 2 amide bonds. The van der Waals surface area contributed by atoms with E-state index < -0.39 is 0 Å². The number of carbonyl (C=O) groups is 2. The molecule has 0 saturated heterocycles. The Kier molecular flexibility index (Phi) is 6.32. The molecule has 1 saturated carbocycles. The molecule has 3 N–H and O–H groups in total. The van der Waals surface area contributed by atoms with Crippen LogP contribution in [0.15, 0.2) is 0 Å². The summed E-state index contributed by atoms with van der Waals surface area (Å²) in [5, 5.41) is 2.84. The van der Waals surface area contributed by atoms with Crippen molar-refractivity contribution in [3.8, 4) is 0 Å². The van der Waals surface area contributed by atoms with Crippen molar-refractivity contribution in [2.24, 2.45) is 29.4 Å². The van der Waals surface area contributed by atoms with Crippen LogP contribution in [0, 0.1) is 23.7 Å². The second-order valence-corrected chi connectivity index (χ2v) is 6.16. The second kappa shape index (κ2) is 7.51. The first-order valence-electron chi connectivity index (χ1n) is 7.52. The maximum Gasteiger partial charge on any atom is 0.223 e. The van der Waals surface area contributed by atoms with E-state index in [-0.39, 0.29) is 23.7 Å². The van der Waals surface area contributed by atoms with E-state index in [9.17, 15) is 9.59 Å². The first-order chi connectivity index (χ1) is 8.95. The Morgan fingerprint density at radius 2 is 1.89 bits per heavy atom. The summed E-state index contributed by atoms with van der Waals surface area (Å²) in [4.78, 5) is 23.9. The topological polar surface area (TPSA) is 72.2 Å². The normalized spacial score (nSPS) is 18.1. The third kappa shape index (κ3) is 5.62. The number of amides is 2. The molecule has 2 atom stereocenters. The molecule has 0 bridgehead atoms. The molecule has 0 aromatic carbocycles. The molecule has 0 aromatic rings. The van der Waals surface area contributed by atoms with E-state index in [4.69, 9.17) is 5.73 Å². The number of rotatable bonds is 9. The quantitative estimate of drug-likeness (QED) is 0.672. The Morgan fingerprint density at radius 3 is 2.32 bits per heavy atom. The molecular formula is C15H28N2O2. The number of hydrogen-bond donors (Lipinski definition) is 2. The zero-order chi connectivity index (χ0) is 14.4. The standard InChI is InChI=1S/C15H28N2O2/c1-4-17-15(19)13(9-10(2)3)12(14(16)18)8-7-11-5-6-11/h10-13H,4-9H2,1-3H3,(H2,16,18)(H,17,19)/t12-,13?/m0/s1. The molecule has 0 aromatic heterocycles. The number of nitrogens with two attached hydrogens (primary N) is 1. The number of hydrogen-bond acceptors (Lipinski definition) is 2. The minimum absolute atomic E-state index is 0.0178. The van der Waals surface area contributed by atoms with Crippen molar-refractivity contribution in [3.63, 3.8) is 0 Å². The van der Waals surface area contributed by atoms with Crippen LogP contribution in [0.1, 0.15) is 52.9 Å².